The Morgan fingerprint density at radius 3 is 2.62 bits per heavy atom. The average molecular weight is 367 g/mol. The van der Waals surface area contributed by atoms with Gasteiger partial charge in [-0.3, -0.25) is 9.32 Å². The molecule has 7 nitrogen and oxygen atoms in total. The highest BCUT2D eigenvalue weighted by Gasteiger charge is 2.31. The molecule has 26 heavy (non-hydrogen) atoms. The zero-order valence-electron chi connectivity index (χ0n) is 14.1. The number of hydrogen-bond donors (Lipinski definition) is 2. The van der Waals surface area contributed by atoms with E-state index in [1.807, 2.05) is 43.3 Å². The van der Waals surface area contributed by atoms with Crippen LogP contribution in [0.1, 0.15) is 20.9 Å². The van der Waals surface area contributed by atoms with Gasteiger partial charge in [-0.05, 0) is 24.3 Å². The van der Waals surface area contributed by atoms with Crippen LogP contribution in [-0.4, -0.2) is 16.0 Å². The third-order valence-electron chi connectivity index (χ3n) is 4.17. The predicted octanol–water partition coefficient (Wildman–Crippen LogP) is 2.19. The maximum atomic E-state index is 12.7. The van der Waals surface area contributed by atoms with Gasteiger partial charge in [-0.2, -0.15) is 0 Å². The number of thiophene rings is 1. The Hall–Kier alpha value is -3.26. The number of ketones is 1. The number of aromatic nitrogens is 3. The van der Waals surface area contributed by atoms with Crippen LogP contribution >= 0.6 is 11.3 Å². The summed E-state index contributed by atoms with van der Waals surface area (Å²) in [6.45, 7) is 2.02. The predicted molar refractivity (Wildman–Crippen MR) is 98.1 cm³/mol. The van der Waals surface area contributed by atoms with Gasteiger partial charge in [-0.1, -0.05) is 34.5 Å². The van der Waals surface area contributed by atoms with Crippen molar-refractivity contribution in [3.05, 3.63) is 63.0 Å². The zero-order chi connectivity index (χ0) is 18.4. The van der Waals surface area contributed by atoms with Crippen molar-refractivity contribution in [3.8, 4) is 11.3 Å². The molecule has 0 saturated heterocycles. The van der Waals surface area contributed by atoms with Crippen molar-refractivity contribution < 1.29 is 14.0 Å². The van der Waals surface area contributed by atoms with E-state index in [4.69, 9.17) is 5.73 Å². The molecular weight excluding hydrogens is 352 g/mol. The molecule has 4 aromatic rings. The first kappa shape index (κ1) is 16.2. The fourth-order valence-corrected chi connectivity index (χ4v) is 3.78. The molecule has 0 saturated carbocycles. The van der Waals surface area contributed by atoms with Crippen LogP contribution in [0.25, 0.3) is 21.5 Å². The first-order valence-corrected chi connectivity index (χ1v) is 8.65. The maximum Gasteiger partial charge on any atom is 0.438 e. The van der Waals surface area contributed by atoms with Gasteiger partial charge in [0.1, 0.15) is 9.71 Å². The summed E-state index contributed by atoms with van der Waals surface area (Å²) < 4.78 is 5.88. The second kappa shape index (κ2) is 5.92. The third-order valence-corrected chi connectivity index (χ3v) is 5.28. The number of carbonyl (C=O) groups is 1. The summed E-state index contributed by atoms with van der Waals surface area (Å²) >= 11 is 1.17. The minimum Gasteiger partial charge on any atom is -0.397 e. The topological polar surface area (TPSA) is 106 Å². The molecule has 0 atom stereocenters. The van der Waals surface area contributed by atoms with E-state index >= 15 is 0 Å². The van der Waals surface area contributed by atoms with Crippen molar-refractivity contribution >= 4 is 33.0 Å². The lowest BCUT2D eigenvalue weighted by molar-refractivity contribution is -0.741. The maximum absolute atomic E-state index is 12.7. The van der Waals surface area contributed by atoms with Crippen LogP contribution in [0, 0.1) is 6.92 Å². The van der Waals surface area contributed by atoms with Crippen molar-refractivity contribution in [2.24, 2.45) is 7.05 Å². The number of rotatable bonds is 3. The fraction of sp³-hybridized carbons (Fsp3) is 0.111. The number of nitrogens with zero attached hydrogens (tertiary/aromatic N) is 2. The molecule has 3 aromatic heterocycles. The Balaban J connectivity index is 1.83. The molecule has 0 bridgehead atoms. The number of carbonyl (C=O) groups excluding carboxylic acids is 1. The Morgan fingerprint density at radius 1 is 1.23 bits per heavy atom. The average Bonchev–Trinajstić information content (AvgIpc) is 3.14. The third kappa shape index (κ3) is 2.51. The van der Waals surface area contributed by atoms with Crippen molar-refractivity contribution in [3.63, 3.8) is 0 Å². The molecule has 0 unspecified atom stereocenters. The largest absolute Gasteiger partial charge is 0.438 e. The van der Waals surface area contributed by atoms with Gasteiger partial charge in [0.05, 0.1) is 11.4 Å². The number of nitrogens with two attached hydrogens (primary N) is 1. The van der Waals surface area contributed by atoms with E-state index in [0.717, 1.165) is 11.3 Å². The highest BCUT2D eigenvalue weighted by molar-refractivity contribution is 7.21. The molecule has 0 aliphatic carbocycles. The smallest absolute Gasteiger partial charge is 0.397 e. The molecule has 4 rings (SSSR count). The van der Waals surface area contributed by atoms with E-state index in [9.17, 15) is 9.59 Å². The van der Waals surface area contributed by atoms with Crippen LogP contribution in [0.2, 0.25) is 0 Å². The first-order valence-electron chi connectivity index (χ1n) is 7.84. The van der Waals surface area contributed by atoms with Gasteiger partial charge in [0.25, 0.3) is 5.78 Å². The lowest BCUT2D eigenvalue weighted by Gasteiger charge is -2.01. The van der Waals surface area contributed by atoms with Crippen LogP contribution in [0.5, 0.6) is 0 Å². The molecule has 0 radical (unpaired) electrons. The van der Waals surface area contributed by atoms with E-state index in [1.54, 1.807) is 0 Å². The summed E-state index contributed by atoms with van der Waals surface area (Å²) in [5, 5.41) is 3.02. The van der Waals surface area contributed by atoms with Gasteiger partial charge in [0.2, 0.25) is 0 Å². The van der Waals surface area contributed by atoms with Gasteiger partial charge in [0.15, 0.2) is 7.05 Å². The summed E-state index contributed by atoms with van der Waals surface area (Å²) in [5.41, 5.74) is 8.57. The molecular formula is C18H15N4O3S+. The van der Waals surface area contributed by atoms with Crippen LogP contribution in [0.4, 0.5) is 5.69 Å². The highest BCUT2D eigenvalue weighted by atomic mass is 32.1. The minimum atomic E-state index is -0.734. The molecule has 130 valence electrons. The van der Waals surface area contributed by atoms with Gasteiger partial charge in [0, 0.05) is 10.9 Å². The van der Waals surface area contributed by atoms with Crippen LogP contribution in [-0.2, 0) is 7.05 Å². The van der Waals surface area contributed by atoms with Crippen molar-refractivity contribution in [2.75, 3.05) is 5.73 Å². The number of nitrogen functional groups attached to an aromatic ring is 1. The molecule has 3 heterocycles. The Bertz CT molecular complexity index is 1200. The van der Waals surface area contributed by atoms with Gasteiger partial charge in [-0.15, -0.1) is 11.3 Å². The summed E-state index contributed by atoms with van der Waals surface area (Å²) in [5.74, 6) is -0.486. The van der Waals surface area contributed by atoms with Crippen LogP contribution in [0.3, 0.4) is 0 Å². The standard InChI is InChI=1S/C18H14N4O3S/c1-9-3-5-10(6-4-9)12-8-7-11-13(19)16(26-17(11)20-12)15(23)14-18(24)25-21-22(14)2/h3-8H,1-2H3,(H2-,19,21,23,24)/p+1. The first-order chi connectivity index (χ1) is 12.5. The number of nitrogens with one attached hydrogen (secondary N) is 1. The van der Waals surface area contributed by atoms with Gasteiger partial charge in [-0.25, -0.2) is 9.78 Å². The van der Waals surface area contributed by atoms with E-state index in [1.165, 1.54) is 28.6 Å². The minimum absolute atomic E-state index is 0.109. The van der Waals surface area contributed by atoms with Crippen LogP contribution in [0.15, 0.2) is 45.7 Å². The zero-order valence-corrected chi connectivity index (χ0v) is 14.9. The molecule has 0 fully saturated rings. The van der Waals surface area contributed by atoms with Crippen molar-refractivity contribution in [1.82, 2.24) is 10.3 Å². The molecule has 3 N–H and O–H groups in total. The Labute approximate surface area is 151 Å². The quantitative estimate of drug-likeness (QED) is 0.426. The van der Waals surface area contributed by atoms with Gasteiger partial charge < -0.3 is 5.73 Å². The summed E-state index contributed by atoms with van der Waals surface area (Å²) in [6, 6.07) is 11.7. The molecule has 0 aliphatic rings. The number of H-pyrrole nitrogens is 1. The van der Waals surface area contributed by atoms with E-state index in [0.29, 0.717) is 15.9 Å². The normalized spacial score (nSPS) is 11.2. The lowest BCUT2D eigenvalue weighted by atomic mass is 10.1. The summed E-state index contributed by atoms with van der Waals surface area (Å²) in [7, 11) is 1.52. The summed E-state index contributed by atoms with van der Waals surface area (Å²) in [6.07, 6.45) is 0. The SMILES string of the molecule is Cc1ccc(-c2ccc3c(N)c(C(=O)c4c(=O)o[nH][n+]4C)sc3n2)cc1. The second-order valence-electron chi connectivity index (χ2n) is 5.98. The highest BCUT2D eigenvalue weighted by Crippen LogP contribution is 2.35. The number of aromatic amines is 1. The lowest BCUT2D eigenvalue weighted by Crippen LogP contribution is -2.39. The fourth-order valence-electron chi connectivity index (χ4n) is 2.74. The van der Waals surface area contributed by atoms with Gasteiger partial charge >= 0.3 is 11.3 Å². The Kier molecular flexibility index (Phi) is 3.69. The van der Waals surface area contributed by atoms with E-state index in [-0.39, 0.29) is 10.6 Å². The number of aryl methyl sites for hydroxylation is 2. The van der Waals surface area contributed by atoms with Crippen LogP contribution < -0.4 is 16.0 Å². The van der Waals surface area contributed by atoms with E-state index < -0.39 is 11.4 Å². The molecule has 8 heteroatoms. The number of pyridine rings is 1. The second-order valence-corrected chi connectivity index (χ2v) is 6.98. The monoisotopic (exact) mass is 367 g/mol. The number of hydrogen-bond acceptors (Lipinski definition) is 6. The number of anilines is 1. The molecule has 0 amide bonds. The van der Waals surface area contributed by atoms with Crippen molar-refractivity contribution in [2.45, 2.75) is 6.92 Å². The summed E-state index contributed by atoms with van der Waals surface area (Å²) in [4.78, 5) is 30.0. The Morgan fingerprint density at radius 2 is 1.96 bits per heavy atom. The van der Waals surface area contributed by atoms with E-state index in [2.05, 4.69) is 14.8 Å². The molecule has 0 aliphatic heterocycles. The number of benzene rings is 1. The molecule has 1 aromatic carbocycles. The number of fused-ring (bicyclic) bond motifs is 1. The molecule has 0 spiro atoms. The van der Waals surface area contributed by atoms with Crippen molar-refractivity contribution in [1.29, 1.82) is 0 Å².